The third-order valence-corrected chi connectivity index (χ3v) is 3.86. The highest BCUT2D eigenvalue weighted by Crippen LogP contribution is 2.17. The van der Waals surface area contributed by atoms with E-state index in [1.807, 2.05) is 48.9 Å². The molecule has 3 rings (SSSR count). The molecule has 0 saturated heterocycles. The first-order chi connectivity index (χ1) is 11.7. The van der Waals surface area contributed by atoms with Crippen LogP contribution in [0, 0.1) is 0 Å². The van der Waals surface area contributed by atoms with Gasteiger partial charge in [0.25, 0.3) is 0 Å². The second kappa shape index (κ2) is 7.84. The van der Waals surface area contributed by atoms with Crippen LogP contribution in [-0.4, -0.2) is 9.55 Å². The Kier molecular flexibility index (Phi) is 5.34. The molecule has 0 unspecified atom stereocenters. The van der Waals surface area contributed by atoms with Crippen LogP contribution >= 0.6 is 11.6 Å². The summed E-state index contributed by atoms with van der Waals surface area (Å²) in [7, 11) is 0. The van der Waals surface area contributed by atoms with Crippen LogP contribution in [0.2, 0.25) is 5.02 Å². The van der Waals surface area contributed by atoms with Crippen LogP contribution in [0.15, 0.2) is 72.8 Å². The molecule has 24 heavy (non-hydrogen) atoms. The molecule has 0 radical (unpaired) electrons. The smallest absolute Gasteiger partial charge is 0.119 e. The Labute approximate surface area is 147 Å². The molecule has 4 heteroatoms. The molecule has 0 saturated carbocycles. The summed E-state index contributed by atoms with van der Waals surface area (Å²) in [6.45, 7) is 3.49. The molecule has 0 N–H and O–H groups in total. The second-order valence-electron chi connectivity index (χ2n) is 5.71. The third-order valence-electron chi connectivity index (χ3n) is 3.60. The van der Waals surface area contributed by atoms with E-state index in [4.69, 9.17) is 16.3 Å². The lowest BCUT2D eigenvalue weighted by Crippen LogP contribution is -1.96. The first-order valence-electron chi connectivity index (χ1n) is 7.79. The van der Waals surface area contributed by atoms with Gasteiger partial charge in [-0.15, -0.1) is 0 Å². The molecule has 2 aromatic carbocycles. The number of nitrogens with zero attached hydrogens (tertiary/aromatic N) is 2. The number of hydrogen-bond donors (Lipinski definition) is 0. The number of benzene rings is 2. The highest BCUT2D eigenvalue weighted by molar-refractivity contribution is 6.30. The van der Waals surface area contributed by atoms with Crippen LogP contribution in [0.1, 0.15) is 18.1 Å². The zero-order chi connectivity index (χ0) is 16.8. The normalized spacial score (nSPS) is 11.5. The van der Waals surface area contributed by atoms with Gasteiger partial charge in [-0.3, -0.25) is 0 Å². The molecule has 1 aromatic heterocycles. The fourth-order valence-electron chi connectivity index (χ4n) is 2.41. The third kappa shape index (κ3) is 4.74. The lowest BCUT2D eigenvalue weighted by molar-refractivity contribution is 0.306. The topological polar surface area (TPSA) is 27.1 Å². The maximum atomic E-state index is 5.88. The monoisotopic (exact) mass is 338 g/mol. The predicted octanol–water partition coefficient (Wildman–Crippen LogP) is 5.22. The first-order valence-corrected chi connectivity index (χ1v) is 8.17. The van der Waals surface area contributed by atoms with Gasteiger partial charge in [-0.05, 0) is 42.3 Å². The minimum Gasteiger partial charge on any atom is -0.489 e. The van der Waals surface area contributed by atoms with Gasteiger partial charge < -0.3 is 9.30 Å². The van der Waals surface area contributed by atoms with Crippen molar-refractivity contribution < 1.29 is 4.74 Å². The molecule has 0 aliphatic carbocycles. The quantitative estimate of drug-likeness (QED) is 0.616. The Morgan fingerprint density at radius 3 is 2.54 bits per heavy atom. The summed E-state index contributed by atoms with van der Waals surface area (Å²) in [5.41, 5.74) is 3.52. The predicted molar refractivity (Wildman–Crippen MR) is 98.1 cm³/mol. The van der Waals surface area contributed by atoms with E-state index in [9.17, 15) is 0 Å². The van der Waals surface area contributed by atoms with Gasteiger partial charge >= 0.3 is 0 Å². The molecule has 0 aliphatic heterocycles. The molecule has 3 aromatic rings. The van der Waals surface area contributed by atoms with Crippen molar-refractivity contribution in [1.82, 2.24) is 9.55 Å². The van der Waals surface area contributed by atoms with Crippen molar-refractivity contribution in [2.75, 3.05) is 0 Å². The summed E-state index contributed by atoms with van der Waals surface area (Å²) < 4.78 is 7.85. The van der Waals surface area contributed by atoms with Gasteiger partial charge in [0, 0.05) is 24.0 Å². The number of hydrogen-bond acceptors (Lipinski definition) is 2. The van der Waals surface area contributed by atoms with Gasteiger partial charge in [-0.2, -0.15) is 0 Å². The molecule has 0 bridgehead atoms. The van der Waals surface area contributed by atoms with Crippen molar-refractivity contribution >= 4 is 17.7 Å². The molecule has 0 spiro atoms. The van der Waals surface area contributed by atoms with E-state index < -0.39 is 0 Å². The fourth-order valence-corrected chi connectivity index (χ4v) is 2.53. The first kappa shape index (κ1) is 16.3. The fraction of sp³-hybridized carbons (Fsp3) is 0.150. The largest absolute Gasteiger partial charge is 0.489 e. The Morgan fingerprint density at radius 2 is 1.88 bits per heavy atom. The SMILES string of the molecule is CC(=Cc1ccc(OCc2ccc(Cl)cc2)cc1)Cn1ccnc1. The van der Waals surface area contributed by atoms with Crippen molar-refractivity contribution in [3.63, 3.8) is 0 Å². The van der Waals surface area contributed by atoms with Crippen molar-refractivity contribution in [3.05, 3.63) is 89.0 Å². The van der Waals surface area contributed by atoms with Crippen LogP contribution in [-0.2, 0) is 13.2 Å². The summed E-state index contributed by atoms with van der Waals surface area (Å²) in [4.78, 5) is 4.06. The highest BCUT2D eigenvalue weighted by Gasteiger charge is 1.98. The zero-order valence-corrected chi connectivity index (χ0v) is 14.3. The summed E-state index contributed by atoms with van der Waals surface area (Å²) in [6.07, 6.45) is 7.75. The summed E-state index contributed by atoms with van der Waals surface area (Å²) in [5.74, 6) is 0.856. The molecule has 1 heterocycles. The van der Waals surface area contributed by atoms with Crippen molar-refractivity contribution in [2.24, 2.45) is 0 Å². The molecule has 122 valence electrons. The van der Waals surface area contributed by atoms with Crippen LogP contribution < -0.4 is 4.74 Å². The number of imidazole rings is 1. The zero-order valence-electron chi connectivity index (χ0n) is 13.5. The van der Waals surface area contributed by atoms with Crippen molar-refractivity contribution in [2.45, 2.75) is 20.1 Å². The van der Waals surface area contributed by atoms with E-state index in [1.165, 1.54) is 5.57 Å². The Balaban J connectivity index is 1.57. The average Bonchev–Trinajstić information content (AvgIpc) is 3.08. The maximum absolute atomic E-state index is 5.88. The standard InChI is InChI=1S/C20H19ClN2O/c1-16(13-23-11-10-22-15-23)12-17-4-8-20(9-5-17)24-14-18-2-6-19(21)7-3-18/h2-12,15H,13-14H2,1H3. The molecule has 3 nitrogen and oxygen atoms in total. The Hall–Kier alpha value is -2.52. The highest BCUT2D eigenvalue weighted by atomic mass is 35.5. The van der Waals surface area contributed by atoms with Gasteiger partial charge in [-0.1, -0.05) is 47.5 Å². The second-order valence-corrected chi connectivity index (χ2v) is 6.15. The van der Waals surface area contributed by atoms with Gasteiger partial charge in [0.15, 0.2) is 0 Å². The van der Waals surface area contributed by atoms with Crippen LogP contribution in [0.4, 0.5) is 0 Å². The molecule has 0 fully saturated rings. The Morgan fingerprint density at radius 1 is 1.12 bits per heavy atom. The average molecular weight is 339 g/mol. The van der Waals surface area contributed by atoms with E-state index in [0.717, 1.165) is 28.4 Å². The van der Waals surface area contributed by atoms with Crippen molar-refractivity contribution in [1.29, 1.82) is 0 Å². The molecule has 0 aliphatic rings. The van der Waals surface area contributed by atoms with Gasteiger partial charge in [0.1, 0.15) is 12.4 Å². The van der Waals surface area contributed by atoms with Crippen LogP contribution in [0.25, 0.3) is 6.08 Å². The van der Waals surface area contributed by atoms with Gasteiger partial charge in [0.2, 0.25) is 0 Å². The number of ether oxygens (including phenoxy) is 1. The van der Waals surface area contributed by atoms with Gasteiger partial charge in [0.05, 0.1) is 6.33 Å². The minimum absolute atomic E-state index is 0.534. The number of rotatable bonds is 6. The maximum Gasteiger partial charge on any atom is 0.119 e. The van der Waals surface area contributed by atoms with Gasteiger partial charge in [-0.25, -0.2) is 4.98 Å². The van der Waals surface area contributed by atoms with Crippen molar-refractivity contribution in [3.8, 4) is 5.75 Å². The number of allylic oxidation sites excluding steroid dienone is 1. The van der Waals surface area contributed by atoms with E-state index in [2.05, 4.69) is 34.7 Å². The lowest BCUT2D eigenvalue weighted by Gasteiger charge is -2.07. The number of aromatic nitrogens is 2. The molecular weight excluding hydrogens is 320 g/mol. The number of halogens is 1. The molecule has 0 amide bonds. The van der Waals surface area contributed by atoms with Crippen LogP contribution in [0.3, 0.4) is 0 Å². The van der Waals surface area contributed by atoms with E-state index in [1.54, 1.807) is 6.20 Å². The van der Waals surface area contributed by atoms with E-state index in [-0.39, 0.29) is 0 Å². The molecular formula is C20H19ClN2O. The Bertz CT molecular complexity index is 791. The summed E-state index contributed by atoms with van der Waals surface area (Å²) in [6, 6.07) is 15.8. The van der Waals surface area contributed by atoms with E-state index >= 15 is 0 Å². The summed E-state index contributed by atoms with van der Waals surface area (Å²) >= 11 is 5.88. The van der Waals surface area contributed by atoms with Crippen LogP contribution in [0.5, 0.6) is 5.75 Å². The molecule has 0 atom stereocenters. The summed E-state index contributed by atoms with van der Waals surface area (Å²) in [5, 5.41) is 0.737. The minimum atomic E-state index is 0.534. The van der Waals surface area contributed by atoms with E-state index in [0.29, 0.717) is 6.61 Å². The lowest BCUT2D eigenvalue weighted by atomic mass is 10.1.